The van der Waals surface area contributed by atoms with Crippen LogP contribution in [0.4, 0.5) is 0 Å². The van der Waals surface area contributed by atoms with Crippen LogP contribution in [-0.4, -0.2) is 45.9 Å². The van der Waals surface area contributed by atoms with E-state index < -0.39 is 0 Å². The van der Waals surface area contributed by atoms with Crippen molar-refractivity contribution in [3.05, 3.63) is 42.1 Å². The molecule has 4 rings (SSSR count). The summed E-state index contributed by atoms with van der Waals surface area (Å²) in [5.41, 5.74) is 2.42. The molecule has 2 aromatic rings. The van der Waals surface area contributed by atoms with E-state index in [4.69, 9.17) is 0 Å². The van der Waals surface area contributed by atoms with Crippen LogP contribution in [0.2, 0.25) is 0 Å². The van der Waals surface area contributed by atoms with Crippen LogP contribution in [0, 0.1) is 0 Å². The molecule has 2 aliphatic heterocycles. The summed E-state index contributed by atoms with van der Waals surface area (Å²) in [7, 11) is 0. The first-order chi connectivity index (χ1) is 11.7. The molecule has 1 amide bonds. The largest absolute Gasteiger partial charge is 0.338 e. The minimum Gasteiger partial charge on any atom is -0.338 e. The summed E-state index contributed by atoms with van der Waals surface area (Å²) < 4.78 is 0. The van der Waals surface area contributed by atoms with Gasteiger partial charge < -0.3 is 4.90 Å². The molecule has 0 unspecified atom stereocenters. The first-order valence-corrected chi connectivity index (χ1v) is 9.08. The van der Waals surface area contributed by atoms with Gasteiger partial charge in [-0.05, 0) is 43.5 Å². The zero-order valence-electron chi connectivity index (χ0n) is 14.3. The highest BCUT2D eigenvalue weighted by atomic mass is 16.2. The number of rotatable bonds is 2. The third-order valence-corrected chi connectivity index (χ3v) is 5.69. The lowest BCUT2D eigenvalue weighted by molar-refractivity contribution is -0.130. The lowest BCUT2D eigenvalue weighted by Crippen LogP contribution is -2.44. The number of aromatic nitrogens is 1. The number of carbonyl (C=O) groups excluding carboxylic acids is 1. The second-order valence-corrected chi connectivity index (χ2v) is 7.09. The molecule has 2 aliphatic rings. The molecule has 0 bridgehead atoms. The minimum absolute atomic E-state index is 0.235. The molecule has 0 N–H and O–H groups in total. The van der Waals surface area contributed by atoms with Crippen molar-refractivity contribution in [3.63, 3.8) is 0 Å². The fourth-order valence-electron chi connectivity index (χ4n) is 4.56. The number of fused-ring (bicyclic) bond motifs is 2. The molecule has 4 heteroatoms. The van der Waals surface area contributed by atoms with E-state index in [0.717, 1.165) is 38.0 Å². The van der Waals surface area contributed by atoms with Crippen LogP contribution in [0.3, 0.4) is 0 Å². The Morgan fingerprint density at radius 3 is 2.92 bits per heavy atom. The highest BCUT2D eigenvalue weighted by molar-refractivity contribution is 5.81. The van der Waals surface area contributed by atoms with Crippen molar-refractivity contribution in [2.45, 2.75) is 51.2 Å². The topological polar surface area (TPSA) is 36.4 Å². The molecule has 24 heavy (non-hydrogen) atoms. The van der Waals surface area contributed by atoms with Gasteiger partial charge >= 0.3 is 0 Å². The molecule has 3 heterocycles. The Balaban J connectivity index is 1.62. The van der Waals surface area contributed by atoms with E-state index in [1.165, 1.54) is 23.8 Å². The van der Waals surface area contributed by atoms with Crippen LogP contribution in [0.25, 0.3) is 10.9 Å². The van der Waals surface area contributed by atoms with Crippen molar-refractivity contribution in [1.29, 1.82) is 0 Å². The van der Waals surface area contributed by atoms with Crippen molar-refractivity contribution < 1.29 is 4.79 Å². The van der Waals surface area contributed by atoms with Gasteiger partial charge in [0.1, 0.15) is 0 Å². The third-order valence-electron chi connectivity index (χ3n) is 5.69. The van der Waals surface area contributed by atoms with Crippen molar-refractivity contribution in [2.75, 3.05) is 13.1 Å². The monoisotopic (exact) mass is 323 g/mol. The van der Waals surface area contributed by atoms with E-state index in [2.05, 4.69) is 39.0 Å². The molecule has 0 aliphatic carbocycles. The number of hydrogen-bond acceptors (Lipinski definition) is 3. The second kappa shape index (κ2) is 6.52. The molecule has 1 aromatic heterocycles. The Bertz CT molecular complexity index is 739. The normalized spacial score (nSPS) is 24.8. The predicted molar refractivity (Wildman–Crippen MR) is 95.6 cm³/mol. The van der Waals surface area contributed by atoms with E-state index in [1.807, 2.05) is 12.3 Å². The van der Waals surface area contributed by atoms with E-state index in [0.29, 0.717) is 12.1 Å². The molecular formula is C20H25N3O. The van der Waals surface area contributed by atoms with Gasteiger partial charge in [-0.3, -0.25) is 14.7 Å². The number of pyridine rings is 1. The molecule has 2 atom stereocenters. The second-order valence-electron chi connectivity index (χ2n) is 7.09. The Morgan fingerprint density at radius 1 is 1.12 bits per heavy atom. The molecule has 2 saturated heterocycles. The van der Waals surface area contributed by atoms with Crippen molar-refractivity contribution in [2.24, 2.45) is 0 Å². The number of amides is 1. The minimum atomic E-state index is 0.235. The van der Waals surface area contributed by atoms with E-state index in [9.17, 15) is 4.79 Å². The van der Waals surface area contributed by atoms with Crippen LogP contribution in [0.1, 0.15) is 38.2 Å². The number of carbonyl (C=O) groups is 1. The third kappa shape index (κ3) is 2.80. The number of nitrogens with zero attached hydrogens (tertiary/aromatic N) is 3. The van der Waals surface area contributed by atoms with Gasteiger partial charge in [-0.15, -0.1) is 0 Å². The first-order valence-electron chi connectivity index (χ1n) is 9.08. The Labute approximate surface area is 143 Å². The number of likely N-dealkylation sites (tertiary alicyclic amines) is 2. The molecule has 0 radical (unpaired) electrons. The maximum absolute atomic E-state index is 12.0. The van der Waals surface area contributed by atoms with Gasteiger partial charge in [-0.2, -0.15) is 0 Å². The summed E-state index contributed by atoms with van der Waals surface area (Å²) >= 11 is 0. The van der Waals surface area contributed by atoms with Gasteiger partial charge in [0.25, 0.3) is 0 Å². The maximum atomic E-state index is 12.0. The van der Waals surface area contributed by atoms with Crippen LogP contribution >= 0.6 is 0 Å². The first kappa shape index (κ1) is 15.6. The van der Waals surface area contributed by atoms with Crippen LogP contribution in [-0.2, 0) is 11.3 Å². The van der Waals surface area contributed by atoms with Gasteiger partial charge in [0.05, 0.1) is 5.52 Å². The fraction of sp³-hybridized carbons (Fsp3) is 0.500. The lowest BCUT2D eigenvalue weighted by atomic mass is 10.0. The lowest BCUT2D eigenvalue weighted by Gasteiger charge is -2.33. The van der Waals surface area contributed by atoms with Gasteiger partial charge in [0, 0.05) is 43.7 Å². The van der Waals surface area contributed by atoms with Gasteiger partial charge in [0.2, 0.25) is 5.91 Å². The highest BCUT2D eigenvalue weighted by Crippen LogP contribution is 2.32. The fourth-order valence-corrected chi connectivity index (χ4v) is 4.56. The summed E-state index contributed by atoms with van der Waals surface area (Å²) in [5.74, 6) is 0.235. The Hall–Kier alpha value is -1.94. The molecule has 1 aromatic carbocycles. The van der Waals surface area contributed by atoms with Crippen LogP contribution < -0.4 is 0 Å². The van der Waals surface area contributed by atoms with E-state index in [1.54, 1.807) is 6.92 Å². The summed E-state index contributed by atoms with van der Waals surface area (Å²) in [6.45, 7) is 4.71. The average Bonchev–Trinajstić information content (AvgIpc) is 2.92. The summed E-state index contributed by atoms with van der Waals surface area (Å²) in [5, 5.41) is 1.25. The zero-order valence-corrected chi connectivity index (χ0v) is 14.3. The summed E-state index contributed by atoms with van der Waals surface area (Å²) in [6.07, 6.45) is 6.56. The Morgan fingerprint density at radius 2 is 2.04 bits per heavy atom. The van der Waals surface area contributed by atoms with E-state index in [-0.39, 0.29) is 5.91 Å². The molecule has 2 fully saturated rings. The van der Waals surface area contributed by atoms with Crippen molar-refractivity contribution >= 4 is 16.8 Å². The number of hydrogen-bond donors (Lipinski definition) is 0. The molecule has 0 saturated carbocycles. The standard InChI is InChI=1S/C20H25N3O/c1-15(24)23-13-10-19-20(23)9-2-3-12-22(19)14-16-6-4-8-18-17(16)7-5-11-21-18/h4-8,11,19-20H,2-3,9-10,12-14H2,1H3/t19-,20-/m1/s1. The maximum Gasteiger partial charge on any atom is 0.219 e. The predicted octanol–water partition coefficient (Wildman–Crippen LogP) is 3.21. The van der Waals surface area contributed by atoms with Crippen molar-refractivity contribution in [1.82, 2.24) is 14.8 Å². The van der Waals surface area contributed by atoms with Gasteiger partial charge in [0.15, 0.2) is 0 Å². The molecule has 0 spiro atoms. The van der Waals surface area contributed by atoms with Crippen LogP contribution in [0.5, 0.6) is 0 Å². The van der Waals surface area contributed by atoms with E-state index >= 15 is 0 Å². The van der Waals surface area contributed by atoms with Crippen LogP contribution in [0.15, 0.2) is 36.5 Å². The van der Waals surface area contributed by atoms with Crippen molar-refractivity contribution in [3.8, 4) is 0 Å². The highest BCUT2D eigenvalue weighted by Gasteiger charge is 2.39. The summed E-state index contributed by atoms with van der Waals surface area (Å²) in [6, 6.07) is 11.5. The molecule has 126 valence electrons. The van der Waals surface area contributed by atoms with Gasteiger partial charge in [-0.25, -0.2) is 0 Å². The quantitative estimate of drug-likeness (QED) is 0.851. The Kier molecular flexibility index (Phi) is 4.23. The molecular weight excluding hydrogens is 298 g/mol. The summed E-state index contributed by atoms with van der Waals surface area (Å²) in [4.78, 5) is 21.2. The zero-order chi connectivity index (χ0) is 16.5. The molecule has 4 nitrogen and oxygen atoms in total. The van der Waals surface area contributed by atoms with Gasteiger partial charge in [-0.1, -0.05) is 24.6 Å². The average molecular weight is 323 g/mol. The SMILES string of the molecule is CC(=O)N1CC[C@@H]2[C@H]1CCCCN2Cc1cccc2ncccc12. The smallest absolute Gasteiger partial charge is 0.219 e. The number of benzene rings is 1.